The number of nitrogens with zero attached hydrogens (tertiary/aromatic N) is 2. The minimum atomic E-state index is 0.456. The van der Waals surface area contributed by atoms with Crippen molar-refractivity contribution >= 4 is 0 Å². The van der Waals surface area contributed by atoms with Gasteiger partial charge in [0, 0.05) is 12.2 Å². The highest BCUT2D eigenvalue weighted by Crippen LogP contribution is 2.38. The second-order valence-corrected chi connectivity index (χ2v) is 6.09. The SMILES string of the molecule is CCNC1CCC(c2ccccc2)CC1n1ccc(C)n1. The summed E-state index contributed by atoms with van der Waals surface area (Å²) in [6.45, 7) is 5.28. The van der Waals surface area contributed by atoms with E-state index in [1.165, 1.54) is 24.8 Å². The molecule has 0 spiro atoms. The summed E-state index contributed by atoms with van der Waals surface area (Å²) in [4.78, 5) is 0. The smallest absolute Gasteiger partial charge is 0.0678 e. The van der Waals surface area contributed by atoms with Crippen LogP contribution in [0.15, 0.2) is 42.6 Å². The average Bonchev–Trinajstić information content (AvgIpc) is 2.95. The quantitative estimate of drug-likeness (QED) is 0.927. The Morgan fingerprint density at radius 1 is 1.19 bits per heavy atom. The second kappa shape index (κ2) is 6.44. The van der Waals surface area contributed by atoms with Gasteiger partial charge in [-0.3, -0.25) is 4.68 Å². The normalized spacial score (nSPS) is 25.9. The van der Waals surface area contributed by atoms with Crippen LogP contribution in [0.4, 0.5) is 0 Å². The topological polar surface area (TPSA) is 29.9 Å². The van der Waals surface area contributed by atoms with Crippen LogP contribution < -0.4 is 5.32 Å². The van der Waals surface area contributed by atoms with Crippen LogP contribution >= 0.6 is 0 Å². The first kappa shape index (κ1) is 14.3. The minimum absolute atomic E-state index is 0.456. The Morgan fingerprint density at radius 3 is 2.67 bits per heavy atom. The zero-order valence-electron chi connectivity index (χ0n) is 13.0. The summed E-state index contributed by atoms with van der Waals surface area (Å²) in [5.41, 5.74) is 2.58. The molecule has 0 radical (unpaired) electrons. The molecule has 1 fully saturated rings. The van der Waals surface area contributed by atoms with Crippen LogP contribution in [0.2, 0.25) is 0 Å². The second-order valence-electron chi connectivity index (χ2n) is 6.09. The predicted octanol–water partition coefficient (Wildman–Crippen LogP) is 3.68. The van der Waals surface area contributed by atoms with Crippen LogP contribution in [0.5, 0.6) is 0 Å². The largest absolute Gasteiger partial charge is 0.312 e. The molecule has 3 rings (SSSR count). The number of hydrogen-bond donors (Lipinski definition) is 1. The molecule has 3 unspecified atom stereocenters. The fourth-order valence-corrected chi connectivity index (χ4v) is 3.59. The lowest BCUT2D eigenvalue weighted by molar-refractivity contribution is 0.229. The molecule has 1 aromatic heterocycles. The van der Waals surface area contributed by atoms with Gasteiger partial charge in [0.15, 0.2) is 0 Å². The van der Waals surface area contributed by atoms with E-state index in [4.69, 9.17) is 0 Å². The first-order chi connectivity index (χ1) is 10.3. The maximum atomic E-state index is 4.67. The molecule has 0 bridgehead atoms. The van der Waals surface area contributed by atoms with Crippen molar-refractivity contribution in [2.75, 3.05) is 6.54 Å². The van der Waals surface area contributed by atoms with Gasteiger partial charge in [-0.1, -0.05) is 37.3 Å². The monoisotopic (exact) mass is 283 g/mol. The summed E-state index contributed by atoms with van der Waals surface area (Å²) in [7, 11) is 0. The zero-order chi connectivity index (χ0) is 14.7. The van der Waals surface area contributed by atoms with E-state index >= 15 is 0 Å². The molecule has 1 aromatic carbocycles. The van der Waals surface area contributed by atoms with Gasteiger partial charge in [0.2, 0.25) is 0 Å². The predicted molar refractivity (Wildman–Crippen MR) is 86.5 cm³/mol. The van der Waals surface area contributed by atoms with Gasteiger partial charge in [0.1, 0.15) is 0 Å². The summed E-state index contributed by atoms with van der Waals surface area (Å²) in [5.74, 6) is 0.649. The van der Waals surface area contributed by atoms with Gasteiger partial charge in [0.25, 0.3) is 0 Å². The number of rotatable bonds is 4. The van der Waals surface area contributed by atoms with Crippen LogP contribution in [0.3, 0.4) is 0 Å². The van der Waals surface area contributed by atoms with E-state index < -0.39 is 0 Å². The van der Waals surface area contributed by atoms with Gasteiger partial charge in [-0.25, -0.2) is 0 Å². The highest BCUT2D eigenvalue weighted by molar-refractivity contribution is 5.20. The average molecular weight is 283 g/mol. The molecule has 112 valence electrons. The van der Waals surface area contributed by atoms with Crippen LogP contribution in [-0.4, -0.2) is 22.4 Å². The van der Waals surface area contributed by atoms with E-state index in [1.807, 2.05) is 0 Å². The Labute approximate surface area is 127 Å². The number of likely N-dealkylation sites (N-methyl/N-ethyl adjacent to an activating group) is 1. The van der Waals surface area contributed by atoms with Crippen molar-refractivity contribution in [3.8, 4) is 0 Å². The molecule has 1 aliphatic carbocycles. The number of nitrogens with one attached hydrogen (secondary N) is 1. The van der Waals surface area contributed by atoms with Crippen LogP contribution in [0.25, 0.3) is 0 Å². The van der Waals surface area contributed by atoms with E-state index in [9.17, 15) is 0 Å². The van der Waals surface area contributed by atoms with E-state index in [2.05, 4.69) is 71.5 Å². The maximum Gasteiger partial charge on any atom is 0.0678 e. The first-order valence-corrected chi connectivity index (χ1v) is 8.08. The van der Waals surface area contributed by atoms with Gasteiger partial charge in [-0.15, -0.1) is 0 Å². The summed E-state index contributed by atoms with van der Waals surface area (Å²) in [6.07, 6.45) is 5.79. The minimum Gasteiger partial charge on any atom is -0.312 e. The Kier molecular flexibility index (Phi) is 4.39. The third kappa shape index (κ3) is 3.18. The molecule has 0 aliphatic heterocycles. The molecule has 1 N–H and O–H groups in total. The molecule has 3 atom stereocenters. The number of hydrogen-bond acceptors (Lipinski definition) is 2. The Morgan fingerprint density at radius 2 is 2.00 bits per heavy atom. The van der Waals surface area contributed by atoms with Gasteiger partial charge in [-0.2, -0.15) is 5.10 Å². The fourth-order valence-electron chi connectivity index (χ4n) is 3.59. The summed E-state index contributed by atoms with van der Waals surface area (Å²) >= 11 is 0. The lowest BCUT2D eigenvalue weighted by Crippen LogP contribution is -2.41. The summed E-state index contributed by atoms with van der Waals surface area (Å²) < 4.78 is 2.18. The lowest BCUT2D eigenvalue weighted by atomic mass is 9.78. The van der Waals surface area contributed by atoms with E-state index in [1.54, 1.807) is 0 Å². The van der Waals surface area contributed by atoms with Gasteiger partial charge in [-0.05, 0) is 50.3 Å². The highest BCUT2D eigenvalue weighted by atomic mass is 15.3. The lowest BCUT2D eigenvalue weighted by Gasteiger charge is -2.37. The fraction of sp³-hybridized carbons (Fsp3) is 0.500. The first-order valence-electron chi connectivity index (χ1n) is 8.08. The Bertz CT molecular complexity index is 561. The van der Waals surface area contributed by atoms with Crippen LogP contribution in [0, 0.1) is 6.92 Å². The standard InChI is InChI=1S/C18H25N3/c1-3-19-17-10-9-16(15-7-5-4-6-8-15)13-18(17)21-12-11-14(2)20-21/h4-8,11-12,16-19H,3,9-10,13H2,1-2H3. The molecule has 1 aliphatic rings. The molecule has 3 nitrogen and oxygen atoms in total. The molecule has 1 heterocycles. The Balaban J connectivity index is 1.82. The van der Waals surface area contributed by atoms with Crippen molar-refractivity contribution in [1.29, 1.82) is 0 Å². The van der Waals surface area contributed by atoms with Gasteiger partial charge >= 0.3 is 0 Å². The number of aromatic nitrogens is 2. The molecular weight excluding hydrogens is 258 g/mol. The number of aryl methyl sites for hydroxylation is 1. The van der Waals surface area contributed by atoms with Crippen molar-refractivity contribution < 1.29 is 0 Å². The van der Waals surface area contributed by atoms with Gasteiger partial charge < -0.3 is 5.32 Å². The van der Waals surface area contributed by atoms with Crippen molar-refractivity contribution in [2.24, 2.45) is 0 Å². The van der Waals surface area contributed by atoms with Crippen molar-refractivity contribution in [3.05, 3.63) is 53.9 Å². The number of benzene rings is 1. The summed E-state index contributed by atoms with van der Waals surface area (Å²) in [6, 6.07) is 14.0. The van der Waals surface area contributed by atoms with Crippen LogP contribution in [0.1, 0.15) is 49.4 Å². The third-order valence-electron chi connectivity index (χ3n) is 4.64. The van der Waals surface area contributed by atoms with E-state index in [-0.39, 0.29) is 0 Å². The molecule has 1 saturated carbocycles. The van der Waals surface area contributed by atoms with Crippen molar-refractivity contribution in [3.63, 3.8) is 0 Å². The highest BCUT2D eigenvalue weighted by Gasteiger charge is 2.32. The van der Waals surface area contributed by atoms with Crippen molar-refractivity contribution in [1.82, 2.24) is 15.1 Å². The molecule has 2 aromatic rings. The zero-order valence-corrected chi connectivity index (χ0v) is 13.0. The van der Waals surface area contributed by atoms with Crippen molar-refractivity contribution in [2.45, 2.75) is 51.1 Å². The van der Waals surface area contributed by atoms with E-state index in [0.29, 0.717) is 18.0 Å². The Hall–Kier alpha value is -1.61. The van der Waals surface area contributed by atoms with Gasteiger partial charge in [0.05, 0.1) is 11.7 Å². The van der Waals surface area contributed by atoms with Crippen LogP contribution in [-0.2, 0) is 0 Å². The molecule has 0 saturated heterocycles. The molecular formula is C18H25N3. The summed E-state index contributed by atoms with van der Waals surface area (Å²) in [5, 5.41) is 8.33. The van der Waals surface area contributed by atoms with E-state index in [0.717, 1.165) is 12.2 Å². The molecule has 0 amide bonds. The third-order valence-corrected chi connectivity index (χ3v) is 4.64. The maximum absolute atomic E-state index is 4.67. The molecule has 3 heteroatoms. The molecule has 21 heavy (non-hydrogen) atoms.